The summed E-state index contributed by atoms with van der Waals surface area (Å²) in [6.07, 6.45) is 2.34. The molecule has 0 amide bonds. The van der Waals surface area contributed by atoms with Gasteiger partial charge >= 0.3 is 0 Å². The summed E-state index contributed by atoms with van der Waals surface area (Å²) in [6.45, 7) is 9.15. The van der Waals surface area contributed by atoms with Crippen LogP contribution in [-0.2, 0) is 14.6 Å². The summed E-state index contributed by atoms with van der Waals surface area (Å²) in [5.41, 5.74) is 2.15. The van der Waals surface area contributed by atoms with Crippen LogP contribution in [-0.4, -0.2) is 8.42 Å². The van der Waals surface area contributed by atoms with Crippen LogP contribution in [0.4, 0.5) is 0 Å². The van der Waals surface area contributed by atoms with Crippen molar-refractivity contribution in [1.82, 2.24) is 0 Å². The minimum Gasteiger partial charge on any atom is -0.444 e. The van der Waals surface area contributed by atoms with Crippen LogP contribution < -0.4 is 0 Å². The van der Waals surface area contributed by atoms with Crippen molar-refractivity contribution in [3.05, 3.63) is 60.1 Å². The first-order valence-electron chi connectivity index (χ1n) is 6.31. The van der Waals surface area contributed by atoms with Gasteiger partial charge in [0.25, 0.3) is 0 Å². The Morgan fingerprint density at radius 2 is 1.86 bits per heavy atom. The van der Waals surface area contributed by atoms with Crippen LogP contribution in [0.15, 0.2) is 65.0 Å². The van der Waals surface area contributed by atoms with Crippen molar-refractivity contribution in [2.24, 2.45) is 5.41 Å². The second-order valence-electron chi connectivity index (χ2n) is 5.24. The molecule has 0 fully saturated rings. The van der Waals surface area contributed by atoms with E-state index in [4.69, 9.17) is 4.74 Å². The Labute approximate surface area is 126 Å². The van der Waals surface area contributed by atoms with E-state index in [0.29, 0.717) is 0 Å². The van der Waals surface area contributed by atoms with E-state index in [-0.39, 0.29) is 15.4 Å². The van der Waals surface area contributed by atoms with Crippen molar-refractivity contribution in [2.75, 3.05) is 0 Å². The van der Waals surface area contributed by atoms with Gasteiger partial charge in [0.2, 0.25) is 14.9 Å². The van der Waals surface area contributed by atoms with Gasteiger partial charge in [0.1, 0.15) is 6.26 Å². The molecule has 0 aliphatic rings. The molecule has 0 aromatic heterocycles. The molecule has 0 N–H and O–H groups in total. The number of sulfone groups is 1. The molecule has 0 radical (unpaired) electrons. The Kier molecular flexibility index (Phi) is 5.60. The second kappa shape index (κ2) is 6.99. The van der Waals surface area contributed by atoms with Gasteiger partial charge in [-0.15, -0.1) is 0 Å². The molecule has 110 valence electrons. The van der Waals surface area contributed by atoms with Crippen LogP contribution >= 0.6 is 0 Å². The lowest BCUT2D eigenvalue weighted by Gasteiger charge is -2.08. The zero-order valence-electron chi connectivity index (χ0n) is 12.4. The predicted molar refractivity (Wildman–Crippen MR) is 83.7 cm³/mol. The predicted octanol–water partition coefficient (Wildman–Crippen LogP) is 3.67. The van der Waals surface area contributed by atoms with Crippen LogP contribution in [0.5, 0.6) is 0 Å². The maximum Gasteiger partial charge on any atom is 0.240 e. The van der Waals surface area contributed by atoms with Crippen molar-refractivity contribution >= 4 is 9.84 Å². The highest BCUT2D eigenvalue weighted by atomic mass is 32.2. The number of allylic oxidation sites excluding steroid dienone is 1. The Morgan fingerprint density at radius 3 is 2.38 bits per heavy atom. The third-order valence-corrected chi connectivity index (χ3v) is 3.85. The van der Waals surface area contributed by atoms with E-state index < -0.39 is 9.84 Å². The summed E-state index contributed by atoms with van der Waals surface area (Å²) in [7, 11) is -3.75. The molecule has 0 aliphatic heterocycles. The maximum absolute atomic E-state index is 12.5. The second-order valence-corrected chi connectivity index (χ2v) is 7.12. The van der Waals surface area contributed by atoms with E-state index in [0.717, 1.165) is 6.26 Å². The summed E-state index contributed by atoms with van der Waals surface area (Å²) in [5, 5.41) is -0.249. The molecule has 0 saturated heterocycles. The number of rotatable bonds is 4. The molecule has 3 nitrogen and oxygen atoms in total. The average molecular weight is 302 g/mol. The molecule has 1 aromatic rings. The van der Waals surface area contributed by atoms with Gasteiger partial charge in [0.05, 0.1) is 4.90 Å². The normalized spacial score (nSPS) is 11.9. The smallest absolute Gasteiger partial charge is 0.240 e. The lowest BCUT2D eigenvalue weighted by atomic mass is 9.98. The Balaban J connectivity index is 3.28. The fourth-order valence-electron chi connectivity index (χ4n) is 1.30. The van der Waals surface area contributed by atoms with Gasteiger partial charge < -0.3 is 4.74 Å². The van der Waals surface area contributed by atoms with Crippen molar-refractivity contribution in [3.8, 4) is 11.8 Å². The topological polar surface area (TPSA) is 43.4 Å². The first kappa shape index (κ1) is 16.8. The number of ether oxygens (including phenoxy) is 1. The molecule has 1 aromatic carbocycles. The van der Waals surface area contributed by atoms with Crippen LogP contribution in [0.25, 0.3) is 0 Å². The fourth-order valence-corrected chi connectivity index (χ4v) is 2.44. The van der Waals surface area contributed by atoms with E-state index >= 15 is 0 Å². The molecular formula is C17H18O3S. The Bertz CT molecular complexity index is 718. The average Bonchev–Trinajstić information content (AvgIpc) is 2.42. The third-order valence-electron chi connectivity index (χ3n) is 2.21. The zero-order valence-corrected chi connectivity index (χ0v) is 13.2. The molecule has 4 heteroatoms. The standard InChI is InChI=1S/C17H18O3S/c1-5-14-20-16(12-9-13-17(2,3)4)21(18,19)15-10-7-6-8-11-15/h6-8,10-12,14H,1H2,2-4H3/b16-12+. The molecule has 0 saturated carbocycles. The summed E-state index contributed by atoms with van der Waals surface area (Å²) >= 11 is 0. The fraction of sp³-hybridized carbons (Fsp3) is 0.235. The summed E-state index contributed by atoms with van der Waals surface area (Å²) in [4.78, 5) is 0.145. The van der Waals surface area contributed by atoms with Crippen LogP contribution in [0.2, 0.25) is 0 Å². The number of benzene rings is 1. The van der Waals surface area contributed by atoms with Crippen molar-refractivity contribution in [2.45, 2.75) is 25.7 Å². The summed E-state index contributed by atoms with van der Waals surface area (Å²) in [6, 6.07) is 8.04. The van der Waals surface area contributed by atoms with Gasteiger partial charge in [-0.1, -0.05) is 42.4 Å². The summed E-state index contributed by atoms with van der Waals surface area (Å²) in [5.74, 6) is 5.66. The Hall–Kier alpha value is -2.21. The molecule has 0 atom stereocenters. The highest BCUT2D eigenvalue weighted by molar-refractivity contribution is 7.95. The number of hydrogen-bond donors (Lipinski definition) is 0. The molecule has 0 bridgehead atoms. The lowest BCUT2D eigenvalue weighted by molar-refractivity contribution is 0.378. The van der Waals surface area contributed by atoms with Crippen molar-refractivity contribution < 1.29 is 13.2 Å². The van der Waals surface area contributed by atoms with E-state index in [1.807, 2.05) is 20.8 Å². The first-order chi connectivity index (χ1) is 9.77. The molecule has 21 heavy (non-hydrogen) atoms. The van der Waals surface area contributed by atoms with Crippen LogP contribution in [0.1, 0.15) is 20.8 Å². The zero-order chi connectivity index (χ0) is 15.9. The summed E-state index contributed by atoms with van der Waals surface area (Å²) < 4.78 is 30.0. The SMILES string of the molecule is C=C=CO/C(=C\C#CC(C)(C)C)S(=O)(=O)c1ccccc1. The minimum atomic E-state index is -3.75. The van der Waals surface area contributed by atoms with Crippen LogP contribution in [0, 0.1) is 17.3 Å². The molecule has 0 heterocycles. The van der Waals surface area contributed by atoms with Gasteiger partial charge in [0, 0.05) is 11.5 Å². The quantitative estimate of drug-likeness (QED) is 0.484. The largest absolute Gasteiger partial charge is 0.444 e. The van der Waals surface area contributed by atoms with E-state index in [9.17, 15) is 8.42 Å². The lowest BCUT2D eigenvalue weighted by Crippen LogP contribution is -2.06. The van der Waals surface area contributed by atoms with Gasteiger partial charge in [-0.2, -0.15) is 0 Å². The van der Waals surface area contributed by atoms with Crippen molar-refractivity contribution in [3.63, 3.8) is 0 Å². The van der Waals surface area contributed by atoms with Crippen LogP contribution in [0.3, 0.4) is 0 Å². The monoisotopic (exact) mass is 302 g/mol. The Morgan fingerprint density at radius 1 is 1.24 bits per heavy atom. The van der Waals surface area contributed by atoms with Gasteiger partial charge in [-0.25, -0.2) is 8.42 Å². The molecule has 0 aliphatic carbocycles. The highest BCUT2D eigenvalue weighted by Gasteiger charge is 2.21. The molecular weight excluding hydrogens is 284 g/mol. The molecule has 0 unspecified atom stereocenters. The molecule has 0 spiro atoms. The maximum atomic E-state index is 12.5. The minimum absolute atomic E-state index is 0.145. The highest BCUT2D eigenvalue weighted by Crippen LogP contribution is 2.20. The number of hydrogen-bond acceptors (Lipinski definition) is 3. The van der Waals surface area contributed by atoms with Gasteiger partial charge in [-0.05, 0) is 32.9 Å². The van der Waals surface area contributed by atoms with Gasteiger partial charge in [0.15, 0.2) is 0 Å². The third kappa shape index (κ3) is 5.35. The van der Waals surface area contributed by atoms with E-state index in [2.05, 4.69) is 24.2 Å². The van der Waals surface area contributed by atoms with E-state index in [1.54, 1.807) is 18.2 Å². The molecule has 1 rings (SSSR count). The van der Waals surface area contributed by atoms with Crippen molar-refractivity contribution in [1.29, 1.82) is 0 Å². The van der Waals surface area contributed by atoms with E-state index in [1.165, 1.54) is 18.2 Å². The first-order valence-corrected chi connectivity index (χ1v) is 7.79. The van der Waals surface area contributed by atoms with Gasteiger partial charge in [-0.3, -0.25) is 0 Å².